The molecule has 0 unspecified atom stereocenters. The monoisotopic (exact) mass is 296 g/mol. The van der Waals surface area contributed by atoms with Crippen LogP contribution in [0.15, 0.2) is 42.5 Å². The zero-order chi connectivity index (χ0) is 15.5. The Morgan fingerprint density at radius 2 is 1.91 bits per heavy atom. The second-order valence-corrected chi connectivity index (χ2v) is 5.72. The number of nitrogens with zero attached hydrogens (tertiary/aromatic N) is 1. The number of rotatable bonds is 1. The number of carbonyl (C=O) groups excluding carboxylic acids is 1. The fourth-order valence-corrected chi connectivity index (χ4v) is 2.83. The van der Waals surface area contributed by atoms with Crippen molar-refractivity contribution in [1.82, 2.24) is 0 Å². The van der Waals surface area contributed by atoms with Gasteiger partial charge in [0.1, 0.15) is 5.75 Å². The molecule has 1 aliphatic rings. The minimum absolute atomic E-state index is 0.127. The van der Waals surface area contributed by atoms with Crippen molar-refractivity contribution in [3.8, 4) is 5.75 Å². The van der Waals surface area contributed by atoms with E-state index in [2.05, 4.69) is 18.3 Å². The van der Waals surface area contributed by atoms with Crippen molar-refractivity contribution in [2.45, 2.75) is 26.2 Å². The van der Waals surface area contributed by atoms with Gasteiger partial charge in [-0.25, -0.2) is 4.79 Å². The third kappa shape index (κ3) is 3.06. The van der Waals surface area contributed by atoms with Crippen LogP contribution in [0.5, 0.6) is 5.75 Å². The predicted molar refractivity (Wildman–Crippen MR) is 88.6 cm³/mol. The van der Waals surface area contributed by atoms with E-state index in [1.165, 1.54) is 11.1 Å². The van der Waals surface area contributed by atoms with Gasteiger partial charge in [0.15, 0.2) is 0 Å². The Bertz CT molecular complexity index is 680. The molecule has 2 N–H and O–H groups in total. The largest absolute Gasteiger partial charge is 0.508 e. The van der Waals surface area contributed by atoms with Gasteiger partial charge in [0, 0.05) is 17.9 Å². The second-order valence-electron chi connectivity index (χ2n) is 5.72. The number of amides is 2. The van der Waals surface area contributed by atoms with Gasteiger partial charge in [-0.05, 0) is 62.1 Å². The van der Waals surface area contributed by atoms with E-state index in [1.54, 1.807) is 24.3 Å². The van der Waals surface area contributed by atoms with E-state index in [1.807, 2.05) is 17.0 Å². The van der Waals surface area contributed by atoms with E-state index in [4.69, 9.17) is 0 Å². The molecular formula is C18H20N2O2. The van der Waals surface area contributed by atoms with Crippen LogP contribution >= 0.6 is 0 Å². The minimum Gasteiger partial charge on any atom is -0.508 e. The molecule has 0 fully saturated rings. The third-order valence-electron chi connectivity index (χ3n) is 3.97. The molecule has 0 radical (unpaired) electrons. The number of benzene rings is 2. The number of fused-ring (bicyclic) bond motifs is 1. The first-order valence-corrected chi connectivity index (χ1v) is 7.60. The SMILES string of the molecule is Cc1ccc2c(c1)CCCCN2C(=O)Nc1ccc(O)cc1. The normalized spacial score (nSPS) is 14.1. The molecule has 1 aliphatic heterocycles. The molecule has 2 aromatic carbocycles. The molecule has 0 atom stereocenters. The van der Waals surface area contributed by atoms with Gasteiger partial charge in [-0.2, -0.15) is 0 Å². The van der Waals surface area contributed by atoms with Crippen LogP contribution in [-0.4, -0.2) is 17.7 Å². The van der Waals surface area contributed by atoms with E-state index >= 15 is 0 Å². The molecule has 0 saturated heterocycles. The molecule has 0 aromatic heterocycles. The Morgan fingerprint density at radius 1 is 1.14 bits per heavy atom. The van der Waals surface area contributed by atoms with Gasteiger partial charge in [0.25, 0.3) is 0 Å². The number of aryl methyl sites for hydroxylation is 2. The first-order chi connectivity index (χ1) is 10.6. The number of phenolic OH excluding ortho intramolecular Hbond substituents is 1. The summed E-state index contributed by atoms with van der Waals surface area (Å²) in [6.07, 6.45) is 3.11. The fourth-order valence-electron chi connectivity index (χ4n) is 2.83. The van der Waals surface area contributed by atoms with Crippen LogP contribution in [0.3, 0.4) is 0 Å². The fraction of sp³-hybridized carbons (Fsp3) is 0.278. The standard InChI is InChI=1S/C18H20N2O2/c1-13-5-10-17-14(12-13)4-2-3-11-20(17)18(22)19-15-6-8-16(21)9-7-15/h5-10,12,21H,2-4,11H2,1H3,(H,19,22). The first kappa shape index (κ1) is 14.4. The summed E-state index contributed by atoms with van der Waals surface area (Å²) in [7, 11) is 0. The highest BCUT2D eigenvalue weighted by molar-refractivity contribution is 6.02. The Kier molecular flexibility index (Phi) is 4.00. The molecule has 0 bridgehead atoms. The molecule has 2 aromatic rings. The Balaban J connectivity index is 1.84. The lowest BCUT2D eigenvalue weighted by Gasteiger charge is -2.23. The van der Waals surface area contributed by atoms with Crippen LogP contribution in [0.4, 0.5) is 16.2 Å². The lowest BCUT2D eigenvalue weighted by molar-refractivity contribution is 0.257. The molecule has 4 nitrogen and oxygen atoms in total. The molecule has 1 heterocycles. The van der Waals surface area contributed by atoms with Crippen molar-refractivity contribution < 1.29 is 9.90 Å². The zero-order valence-corrected chi connectivity index (χ0v) is 12.7. The van der Waals surface area contributed by atoms with Crippen molar-refractivity contribution in [2.75, 3.05) is 16.8 Å². The number of hydrogen-bond donors (Lipinski definition) is 2. The summed E-state index contributed by atoms with van der Waals surface area (Å²) in [4.78, 5) is 14.4. The van der Waals surface area contributed by atoms with Gasteiger partial charge in [0.2, 0.25) is 0 Å². The van der Waals surface area contributed by atoms with Gasteiger partial charge < -0.3 is 10.4 Å². The molecule has 0 saturated carbocycles. The molecule has 3 rings (SSSR count). The summed E-state index contributed by atoms with van der Waals surface area (Å²) in [5.74, 6) is 0.189. The summed E-state index contributed by atoms with van der Waals surface area (Å²) < 4.78 is 0. The second kappa shape index (κ2) is 6.10. The van der Waals surface area contributed by atoms with Crippen molar-refractivity contribution in [3.05, 3.63) is 53.6 Å². The van der Waals surface area contributed by atoms with Crippen LogP contribution < -0.4 is 10.2 Å². The molecule has 0 aliphatic carbocycles. The van der Waals surface area contributed by atoms with E-state index < -0.39 is 0 Å². The highest BCUT2D eigenvalue weighted by atomic mass is 16.3. The number of aromatic hydroxyl groups is 1. The van der Waals surface area contributed by atoms with Gasteiger partial charge in [-0.3, -0.25) is 4.90 Å². The number of hydrogen-bond acceptors (Lipinski definition) is 2. The van der Waals surface area contributed by atoms with Crippen LogP contribution in [0.2, 0.25) is 0 Å². The lowest BCUT2D eigenvalue weighted by atomic mass is 10.1. The van der Waals surface area contributed by atoms with Crippen LogP contribution in [0.25, 0.3) is 0 Å². The zero-order valence-electron chi connectivity index (χ0n) is 12.7. The van der Waals surface area contributed by atoms with E-state index in [0.717, 1.165) is 31.5 Å². The summed E-state index contributed by atoms with van der Waals surface area (Å²) >= 11 is 0. The maximum Gasteiger partial charge on any atom is 0.326 e. The van der Waals surface area contributed by atoms with Crippen molar-refractivity contribution in [3.63, 3.8) is 0 Å². The summed E-state index contributed by atoms with van der Waals surface area (Å²) in [6.45, 7) is 2.80. The summed E-state index contributed by atoms with van der Waals surface area (Å²) in [5.41, 5.74) is 4.14. The molecule has 0 spiro atoms. The highest BCUT2D eigenvalue weighted by Gasteiger charge is 2.21. The number of nitrogens with one attached hydrogen (secondary N) is 1. The molecule has 114 valence electrons. The predicted octanol–water partition coefficient (Wildman–Crippen LogP) is 4.08. The number of phenols is 1. The molecule has 22 heavy (non-hydrogen) atoms. The van der Waals surface area contributed by atoms with Gasteiger partial charge >= 0.3 is 6.03 Å². The number of urea groups is 1. The quantitative estimate of drug-likeness (QED) is 0.779. The van der Waals surface area contributed by atoms with E-state index in [9.17, 15) is 9.90 Å². The molecule has 2 amide bonds. The maximum atomic E-state index is 12.6. The van der Waals surface area contributed by atoms with Crippen LogP contribution in [0.1, 0.15) is 24.0 Å². The topological polar surface area (TPSA) is 52.6 Å². The average molecular weight is 296 g/mol. The van der Waals surface area contributed by atoms with Gasteiger partial charge in [-0.15, -0.1) is 0 Å². The lowest BCUT2D eigenvalue weighted by Crippen LogP contribution is -2.35. The maximum absolute atomic E-state index is 12.6. The molecular weight excluding hydrogens is 276 g/mol. The van der Waals surface area contributed by atoms with E-state index in [0.29, 0.717) is 5.69 Å². The molecule has 4 heteroatoms. The van der Waals surface area contributed by atoms with Crippen LogP contribution in [0, 0.1) is 6.92 Å². The Hall–Kier alpha value is -2.49. The highest BCUT2D eigenvalue weighted by Crippen LogP contribution is 2.28. The first-order valence-electron chi connectivity index (χ1n) is 7.60. The summed E-state index contributed by atoms with van der Waals surface area (Å²) in [5, 5.41) is 12.2. The van der Waals surface area contributed by atoms with Crippen molar-refractivity contribution in [2.24, 2.45) is 0 Å². The Morgan fingerprint density at radius 3 is 2.68 bits per heavy atom. The minimum atomic E-state index is -0.127. The van der Waals surface area contributed by atoms with Gasteiger partial charge in [0.05, 0.1) is 0 Å². The smallest absolute Gasteiger partial charge is 0.326 e. The summed E-state index contributed by atoms with van der Waals surface area (Å²) in [6, 6.07) is 12.6. The van der Waals surface area contributed by atoms with E-state index in [-0.39, 0.29) is 11.8 Å². The van der Waals surface area contributed by atoms with Crippen molar-refractivity contribution in [1.29, 1.82) is 0 Å². The van der Waals surface area contributed by atoms with Crippen molar-refractivity contribution >= 4 is 17.4 Å². The third-order valence-corrected chi connectivity index (χ3v) is 3.97. The number of anilines is 2. The van der Waals surface area contributed by atoms with Gasteiger partial charge in [-0.1, -0.05) is 17.7 Å². The number of carbonyl (C=O) groups is 1. The Labute approximate surface area is 130 Å². The van der Waals surface area contributed by atoms with Crippen LogP contribution in [-0.2, 0) is 6.42 Å². The average Bonchev–Trinajstić information content (AvgIpc) is 2.71.